The van der Waals surface area contributed by atoms with Crippen LogP contribution in [0, 0.1) is 12.7 Å². The summed E-state index contributed by atoms with van der Waals surface area (Å²) in [6, 6.07) is 12.1. The average molecular weight is 618 g/mol. The number of piperidine rings is 1. The lowest BCUT2D eigenvalue weighted by Crippen LogP contribution is -2.44. The highest BCUT2D eigenvalue weighted by Crippen LogP contribution is 2.34. The first-order chi connectivity index (χ1) is 21.2. The maximum Gasteiger partial charge on any atom is 0.260 e. The number of aryl methyl sites for hydroxylation is 1. The van der Waals surface area contributed by atoms with Gasteiger partial charge < -0.3 is 20.0 Å². The summed E-state index contributed by atoms with van der Waals surface area (Å²) in [7, 11) is 2.07. The molecule has 1 amide bonds. The Hall–Kier alpha value is -4.02. The Labute approximate surface area is 261 Å². The number of likely N-dealkylation sites (tertiary alicyclic amines) is 1. The fourth-order valence-corrected chi connectivity index (χ4v) is 6.58. The Morgan fingerprint density at radius 2 is 1.89 bits per heavy atom. The Bertz CT molecular complexity index is 1770. The number of pyridine rings is 1. The zero-order chi connectivity index (χ0) is 31.0. The van der Waals surface area contributed by atoms with Crippen molar-refractivity contribution in [2.45, 2.75) is 39.2 Å². The van der Waals surface area contributed by atoms with Crippen LogP contribution in [0.15, 0.2) is 53.5 Å². The maximum atomic E-state index is 15.2. The second kappa shape index (κ2) is 12.5. The number of hydrogen-bond acceptors (Lipinski definition) is 7. The molecule has 2 aromatic carbocycles. The van der Waals surface area contributed by atoms with E-state index in [1.54, 1.807) is 22.9 Å². The predicted octanol–water partition coefficient (Wildman–Crippen LogP) is 5.63. The summed E-state index contributed by atoms with van der Waals surface area (Å²) >= 11 is 6.59. The number of anilines is 3. The van der Waals surface area contributed by atoms with E-state index in [1.165, 1.54) is 6.07 Å². The molecule has 0 saturated carbocycles. The molecule has 2 saturated heterocycles. The smallest absolute Gasteiger partial charge is 0.260 e. The molecule has 230 valence electrons. The number of hydrogen-bond donors (Lipinski definition) is 1. The van der Waals surface area contributed by atoms with E-state index in [-0.39, 0.29) is 29.3 Å². The number of piperazine rings is 1. The molecule has 44 heavy (non-hydrogen) atoms. The minimum absolute atomic E-state index is 0.0597. The third kappa shape index (κ3) is 5.76. The summed E-state index contributed by atoms with van der Waals surface area (Å²) in [5, 5.41) is 4.33. The van der Waals surface area contributed by atoms with Crippen LogP contribution in [-0.2, 0) is 4.79 Å². The predicted molar refractivity (Wildman–Crippen MR) is 174 cm³/mol. The Morgan fingerprint density at radius 3 is 2.61 bits per heavy atom. The monoisotopic (exact) mass is 617 g/mol. The molecule has 2 aromatic heterocycles. The topological polar surface area (TPSA) is 86.6 Å². The lowest BCUT2D eigenvalue weighted by Gasteiger charge is -2.34. The summed E-state index contributed by atoms with van der Waals surface area (Å²) in [6.07, 6.45) is 3.60. The average Bonchev–Trinajstić information content (AvgIpc) is 3.02. The van der Waals surface area contributed by atoms with Crippen molar-refractivity contribution in [3.8, 4) is 11.1 Å². The van der Waals surface area contributed by atoms with Crippen LogP contribution in [0.3, 0.4) is 0 Å². The van der Waals surface area contributed by atoms with E-state index >= 15 is 4.39 Å². The standard InChI is InChI=1S/C33H37ClFN7O2/c1-4-29(43)41-13-7-8-23(20-41)42-31-25(21(2)30(32(42)44)24-9-5-6-10-26(24)34)19-36-33(38-31)37-22-11-12-28(27(35)18-22)40-16-14-39(3)15-17-40/h5-6,9-12,18-19,23H,4,7-8,13-17,20H2,1-3H3,(H,36,37,38)/t23-/m0/s1. The van der Waals surface area contributed by atoms with Crippen LogP contribution in [-0.4, -0.2) is 76.6 Å². The van der Waals surface area contributed by atoms with E-state index in [9.17, 15) is 9.59 Å². The number of fused-ring (bicyclic) bond motifs is 1. The van der Waals surface area contributed by atoms with Gasteiger partial charge in [-0.25, -0.2) is 9.37 Å². The van der Waals surface area contributed by atoms with Crippen LogP contribution < -0.4 is 15.8 Å². The normalized spacial score (nSPS) is 17.7. The van der Waals surface area contributed by atoms with Gasteiger partial charge in [0.05, 0.1) is 17.3 Å². The van der Waals surface area contributed by atoms with E-state index in [2.05, 4.69) is 27.1 Å². The zero-order valence-electron chi connectivity index (χ0n) is 25.3. The summed E-state index contributed by atoms with van der Waals surface area (Å²) in [5.74, 6) is -0.00974. The molecule has 4 aromatic rings. The van der Waals surface area contributed by atoms with Gasteiger partial charge in [-0.15, -0.1) is 0 Å². The van der Waals surface area contributed by atoms with Crippen molar-refractivity contribution in [3.05, 3.63) is 75.4 Å². The van der Waals surface area contributed by atoms with Crippen molar-refractivity contribution in [1.82, 2.24) is 24.3 Å². The first-order valence-electron chi connectivity index (χ1n) is 15.2. The molecule has 6 rings (SSSR count). The first-order valence-corrected chi connectivity index (χ1v) is 15.6. The van der Waals surface area contributed by atoms with Crippen molar-refractivity contribution < 1.29 is 9.18 Å². The Morgan fingerprint density at radius 1 is 1.11 bits per heavy atom. The van der Waals surface area contributed by atoms with Gasteiger partial charge in [0.1, 0.15) is 11.5 Å². The fraction of sp³-hybridized carbons (Fsp3) is 0.394. The third-order valence-corrected chi connectivity index (χ3v) is 9.15. The second-order valence-electron chi connectivity index (χ2n) is 11.7. The minimum atomic E-state index is -0.319. The summed E-state index contributed by atoms with van der Waals surface area (Å²) in [6.45, 7) is 8.11. The van der Waals surface area contributed by atoms with Crippen LogP contribution in [0.25, 0.3) is 22.2 Å². The summed E-state index contributed by atoms with van der Waals surface area (Å²) in [4.78, 5) is 42.6. The van der Waals surface area contributed by atoms with Gasteiger partial charge in [0.2, 0.25) is 11.9 Å². The summed E-state index contributed by atoms with van der Waals surface area (Å²) < 4.78 is 17.0. The number of carbonyl (C=O) groups is 1. The molecule has 1 atom stereocenters. The van der Waals surface area contributed by atoms with Crippen LogP contribution >= 0.6 is 11.6 Å². The fourth-order valence-electron chi connectivity index (χ4n) is 6.35. The molecule has 0 bridgehead atoms. The van der Waals surface area contributed by atoms with E-state index in [4.69, 9.17) is 16.6 Å². The molecule has 9 nitrogen and oxygen atoms in total. The molecule has 0 radical (unpaired) electrons. The van der Waals surface area contributed by atoms with Crippen LogP contribution in [0.5, 0.6) is 0 Å². The number of nitrogens with one attached hydrogen (secondary N) is 1. The van der Waals surface area contributed by atoms with Gasteiger partial charge in [0, 0.05) is 73.5 Å². The van der Waals surface area contributed by atoms with Crippen molar-refractivity contribution in [2.24, 2.45) is 0 Å². The number of nitrogens with zero attached hydrogens (tertiary/aromatic N) is 6. The number of rotatable bonds is 6. The minimum Gasteiger partial charge on any atom is -0.367 e. The molecule has 4 heterocycles. The Balaban J connectivity index is 1.42. The number of carbonyl (C=O) groups excluding carboxylic acids is 1. The summed E-state index contributed by atoms with van der Waals surface area (Å²) in [5.41, 5.74) is 3.19. The molecule has 0 unspecified atom stereocenters. The third-order valence-electron chi connectivity index (χ3n) is 8.82. The van der Waals surface area contributed by atoms with Crippen molar-refractivity contribution in [3.63, 3.8) is 0 Å². The van der Waals surface area contributed by atoms with E-state index in [0.717, 1.165) is 44.6 Å². The van der Waals surface area contributed by atoms with E-state index in [1.807, 2.05) is 43.0 Å². The molecular formula is C33H37ClFN7O2. The highest BCUT2D eigenvalue weighted by Gasteiger charge is 2.29. The molecule has 1 N–H and O–H groups in total. The van der Waals surface area contributed by atoms with Crippen LogP contribution in [0.2, 0.25) is 5.02 Å². The SMILES string of the molecule is CCC(=O)N1CCC[C@H](n2c(=O)c(-c3ccccc3Cl)c(C)c3cnc(Nc4ccc(N5CCN(C)CC5)c(F)c4)nc32)C1. The zero-order valence-corrected chi connectivity index (χ0v) is 26.1. The molecule has 2 fully saturated rings. The van der Waals surface area contributed by atoms with Gasteiger partial charge in [0.25, 0.3) is 5.56 Å². The molecule has 11 heteroatoms. The van der Waals surface area contributed by atoms with Crippen LogP contribution in [0.1, 0.15) is 37.8 Å². The van der Waals surface area contributed by atoms with Crippen LogP contribution in [0.4, 0.5) is 21.7 Å². The van der Waals surface area contributed by atoms with Gasteiger partial charge in [-0.05, 0) is 56.6 Å². The molecule has 0 aliphatic carbocycles. The number of amides is 1. The number of halogens is 2. The highest BCUT2D eigenvalue weighted by atomic mass is 35.5. The number of likely N-dealkylation sites (N-methyl/N-ethyl adjacent to an activating group) is 1. The Kier molecular flexibility index (Phi) is 8.55. The van der Waals surface area contributed by atoms with Crippen molar-refractivity contribution >= 4 is 45.9 Å². The van der Waals surface area contributed by atoms with Gasteiger partial charge >= 0.3 is 0 Å². The van der Waals surface area contributed by atoms with Crippen molar-refractivity contribution in [2.75, 3.05) is 56.5 Å². The molecule has 2 aliphatic heterocycles. The van der Waals surface area contributed by atoms with Gasteiger partial charge in [0.15, 0.2) is 0 Å². The van der Waals surface area contributed by atoms with Gasteiger partial charge in [-0.3, -0.25) is 14.2 Å². The maximum absolute atomic E-state index is 15.2. The molecular weight excluding hydrogens is 581 g/mol. The van der Waals surface area contributed by atoms with Gasteiger partial charge in [-0.1, -0.05) is 36.7 Å². The van der Waals surface area contributed by atoms with Crippen molar-refractivity contribution in [1.29, 1.82) is 0 Å². The highest BCUT2D eigenvalue weighted by molar-refractivity contribution is 6.33. The number of aromatic nitrogens is 3. The number of benzene rings is 2. The lowest BCUT2D eigenvalue weighted by atomic mass is 9.98. The van der Waals surface area contributed by atoms with E-state index in [0.29, 0.717) is 58.1 Å². The van der Waals surface area contributed by atoms with Gasteiger partial charge in [-0.2, -0.15) is 4.98 Å². The van der Waals surface area contributed by atoms with E-state index < -0.39 is 0 Å². The quantitative estimate of drug-likeness (QED) is 0.300. The first kappa shape index (κ1) is 30.0. The molecule has 0 spiro atoms. The second-order valence-corrected chi connectivity index (χ2v) is 12.1. The lowest BCUT2D eigenvalue weighted by molar-refractivity contribution is -0.132. The largest absolute Gasteiger partial charge is 0.367 e. The molecule has 2 aliphatic rings.